The van der Waals surface area contributed by atoms with Crippen LogP contribution < -0.4 is 5.73 Å². The van der Waals surface area contributed by atoms with E-state index in [0.29, 0.717) is 0 Å². The second-order valence-electron chi connectivity index (χ2n) is 4.00. The van der Waals surface area contributed by atoms with E-state index in [9.17, 15) is 8.42 Å². The second kappa shape index (κ2) is 3.94. The SMILES string of the molecule is CN(C)S(=O)(=O)C[C@@H]1CC[C@H](N)C1. The number of sulfonamides is 1. The number of rotatable bonds is 3. The van der Waals surface area contributed by atoms with Gasteiger partial charge in [0.2, 0.25) is 10.0 Å². The molecule has 0 aromatic carbocycles. The van der Waals surface area contributed by atoms with Crippen molar-refractivity contribution >= 4 is 10.0 Å². The van der Waals surface area contributed by atoms with Gasteiger partial charge < -0.3 is 5.73 Å². The van der Waals surface area contributed by atoms with Crippen LogP contribution in [-0.4, -0.2) is 38.6 Å². The molecule has 78 valence electrons. The Hall–Kier alpha value is -0.130. The van der Waals surface area contributed by atoms with Crippen molar-refractivity contribution in [3.63, 3.8) is 0 Å². The largest absolute Gasteiger partial charge is 0.328 e. The molecular weight excluding hydrogens is 188 g/mol. The van der Waals surface area contributed by atoms with Crippen LogP contribution in [0.25, 0.3) is 0 Å². The Labute approximate surface area is 80.1 Å². The fourth-order valence-corrected chi connectivity index (χ4v) is 2.91. The van der Waals surface area contributed by atoms with Gasteiger partial charge in [-0.25, -0.2) is 12.7 Å². The molecule has 0 unspecified atom stereocenters. The summed E-state index contributed by atoms with van der Waals surface area (Å²) in [6, 6.07) is 0.211. The van der Waals surface area contributed by atoms with Crippen LogP contribution in [0.1, 0.15) is 19.3 Å². The van der Waals surface area contributed by atoms with E-state index in [1.54, 1.807) is 14.1 Å². The molecule has 2 N–H and O–H groups in total. The molecule has 4 nitrogen and oxygen atoms in total. The normalized spacial score (nSPS) is 29.8. The third-order valence-electron chi connectivity index (χ3n) is 2.58. The van der Waals surface area contributed by atoms with Gasteiger partial charge >= 0.3 is 0 Å². The minimum absolute atomic E-state index is 0.211. The molecule has 0 bridgehead atoms. The summed E-state index contributed by atoms with van der Waals surface area (Å²) in [5.41, 5.74) is 5.71. The first-order valence-corrected chi connectivity index (χ1v) is 6.18. The van der Waals surface area contributed by atoms with Crippen LogP contribution in [0, 0.1) is 5.92 Å². The van der Waals surface area contributed by atoms with Gasteiger partial charge in [0.15, 0.2) is 0 Å². The fourth-order valence-electron chi connectivity index (χ4n) is 1.71. The highest BCUT2D eigenvalue weighted by Gasteiger charge is 2.27. The molecule has 0 heterocycles. The lowest BCUT2D eigenvalue weighted by Crippen LogP contribution is -2.28. The maximum Gasteiger partial charge on any atom is 0.213 e. The van der Waals surface area contributed by atoms with E-state index in [2.05, 4.69) is 0 Å². The van der Waals surface area contributed by atoms with Gasteiger partial charge in [-0.3, -0.25) is 0 Å². The molecule has 0 aliphatic heterocycles. The van der Waals surface area contributed by atoms with E-state index in [0.717, 1.165) is 19.3 Å². The molecule has 13 heavy (non-hydrogen) atoms. The van der Waals surface area contributed by atoms with Crippen molar-refractivity contribution < 1.29 is 8.42 Å². The van der Waals surface area contributed by atoms with Crippen LogP contribution in [-0.2, 0) is 10.0 Å². The molecule has 0 aromatic rings. The van der Waals surface area contributed by atoms with Gasteiger partial charge in [0.05, 0.1) is 5.75 Å². The average molecular weight is 206 g/mol. The minimum atomic E-state index is -3.03. The fraction of sp³-hybridized carbons (Fsp3) is 1.00. The van der Waals surface area contributed by atoms with Crippen LogP contribution in [0.2, 0.25) is 0 Å². The third-order valence-corrected chi connectivity index (χ3v) is 4.59. The van der Waals surface area contributed by atoms with E-state index >= 15 is 0 Å². The van der Waals surface area contributed by atoms with Crippen molar-refractivity contribution in [1.29, 1.82) is 0 Å². The summed E-state index contributed by atoms with van der Waals surface area (Å²) in [4.78, 5) is 0. The zero-order chi connectivity index (χ0) is 10.1. The van der Waals surface area contributed by atoms with Gasteiger partial charge in [0.25, 0.3) is 0 Å². The van der Waals surface area contributed by atoms with Crippen molar-refractivity contribution in [2.45, 2.75) is 25.3 Å². The van der Waals surface area contributed by atoms with E-state index < -0.39 is 10.0 Å². The van der Waals surface area contributed by atoms with E-state index in [1.807, 2.05) is 0 Å². The van der Waals surface area contributed by atoms with Crippen molar-refractivity contribution in [3.8, 4) is 0 Å². The highest BCUT2D eigenvalue weighted by molar-refractivity contribution is 7.89. The molecule has 5 heteroatoms. The molecule has 1 aliphatic rings. The van der Waals surface area contributed by atoms with Gasteiger partial charge in [-0.15, -0.1) is 0 Å². The molecule has 0 aromatic heterocycles. The summed E-state index contributed by atoms with van der Waals surface area (Å²) in [5, 5.41) is 0. The number of nitrogens with zero attached hydrogens (tertiary/aromatic N) is 1. The van der Waals surface area contributed by atoms with Gasteiger partial charge in [0, 0.05) is 20.1 Å². The highest BCUT2D eigenvalue weighted by Crippen LogP contribution is 2.25. The summed E-state index contributed by atoms with van der Waals surface area (Å²) >= 11 is 0. The molecule has 0 saturated heterocycles. The number of hydrogen-bond acceptors (Lipinski definition) is 3. The first-order chi connectivity index (χ1) is 5.92. The third kappa shape index (κ3) is 2.93. The van der Waals surface area contributed by atoms with Crippen molar-refractivity contribution in [3.05, 3.63) is 0 Å². The smallest absolute Gasteiger partial charge is 0.213 e. The highest BCUT2D eigenvalue weighted by atomic mass is 32.2. The lowest BCUT2D eigenvalue weighted by molar-refractivity contribution is 0.497. The molecule has 1 fully saturated rings. The number of hydrogen-bond donors (Lipinski definition) is 1. The Morgan fingerprint density at radius 1 is 1.38 bits per heavy atom. The second-order valence-corrected chi connectivity index (χ2v) is 6.23. The van der Waals surface area contributed by atoms with Gasteiger partial charge in [-0.05, 0) is 25.2 Å². The zero-order valence-corrected chi connectivity index (χ0v) is 9.05. The van der Waals surface area contributed by atoms with Crippen LogP contribution in [0.4, 0.5) is 0 Å². The average Bonchev–Trinajstić information content (AvgIpc) is 2.34. The summed E-state index contributed by atoms with van der Waals surface area (Å²) in [5.74, 6) is 0.524. The van der Waals surface area contributed by atoms with Gasteiger partial charge in [-0.1, -0.05) is 0 Å². The van der Waals surface area contributed by atoms with Gasteiger partial charge in [0.1, 0.15) is 0 Å². The molecular formula is C8H18N2O2S. The molecule has 2 atom stereocenters. The summed E-state index contributed by atoms with van der Waals surface area (Å²) in [7, 11) is 0.120. The lowest BCUT2D eigenvalue weighted by atomic mass is 10.1. The van der Waals surface area contributed by atoms with E-state index in [-0.39, 0.29) is 17.7 Å². The Bertz CT molecular complexity index is 261. The molecule has 0 spiro atoms. The first-order valence-electron chi connectivity index (χ1n) is 4.57. The molecule has 1 aliphatic carbocycles. The Morgan fingerprint density at radius 2 is 2.00 bits per heavy atom. The zero-order valence-electron chi connectivity index (χ0n) is 8.23. The van der Waals surface area contributed by atoms with Crippen molar-refractivity contribution in [2.75, 3.05) is 19.8 Å². The number of nitrogens with two attached hydrogens (primary N) is 1. The van der Waals surface area contributed by atoms with E-state index in [1.165, 1.54) is 4.31 Å². The molecule has 0 radical (unpaired) electrons. The topological polar surface area (TPSA) is 63.4 Å². The quantitative estimate of drug-likeness (QED) is 0.707. The summed E-state index contributed by atoms with van der Waals surface area (Å²) < 4.78 is 24.2. The van der Waals surface area contributed by atoms with Crippen LogP contribution in [0.15, 0.2) is 0 Å². The standard InChI is InChI=1S/C8H18N2O2S/c1-10(2)13(11,12)6-7-3-4-8(9)5-7/h7-8H,3-6,9H2,1-2H3/t7-,8+/m1/s1. The predicted octanol–water partition coefficient (Wildman–Crippen LogP) is 0.00520. The Balaban J connectivity index is 2.50. The first kappa shape index (κ1) is 10.9. The summed E-state index contributed by atoms with van der Waals surface area (Å²) in [6.07, 6.45) is 2.77. The van der Waals surface area contributed by atoms with Crippen LogP contribution in [0.3, 0.4) is 0 Å². The van der Waals surface area contributed by atoms with Crippen molar-refractivity contribution in [2.24, 2.45) is 11.7 Å². The maximum absolute atomic E-state index is 11.5. The predicted molar refractivity (Wildman–Crippen MR) is 52.8 cm³/mol. The molecule has 0 amide bonds. The monoisotopic (exact) mass is 206 g/mol. The van der Waals surface area contributed by atoms with Crippen LogP contribution in [0.5, 0.6) is 0 Å². The van der Waals surface area contributed by atoms with Gasteiger partial charge in [-0.2, -0.15) is 0 Å². The van der Waals surface area contributed by atoms with Crippen molar-refractivity contribution in [1.82, 2.24) is 4.31 Å². The van der Waals surface area contributed by atoms with E-state index in [4.69, 9.17) is 5.73 Å². The maximum atomic E-state index is 11.5. The summed E-state index contributed by atoms with van der Waals surface area (Å²) in [6.45, 7) is 0. The molecule has 1 saturated carbocycles. The lowest BCUT2D eigenvalue weighted by Gasteiger charge is -2.14. The Kier molecular flexibility index (Phi) is 3.32. The molecule has 1 rings (SSSR count). The van der Waals surface area contributed by atoms with Crippen LogP contribution >= 0.6 is 0 Å². The Morgan fingerprint density at radius 3 is 2.38 bits per heavy atom. The minimum Gasteiger partial charge on any atom is -0.328 e.